The molecule has 0 fully saturated rings. The standard InChI is InChI=1S/C24H26N2O3/c1-17(22-14-13-21(28-2)16-23(22)29-3)15-24(27)26-20-11-9-19(10-12-20)25-18-7-5-4-6-8-18/h4-14,16-17,25H,15H2,1-3H3,(H,26,27). The van der Waals surface area contributed by atoms with Gasteiger partial charge in [0, 0.05) is 29.5 Å². The first-order valence-corrected chi connectivity index (χ1v) is 9.53. The molecule has 5 nitrogen and oxygen atoms in total. The molecule has 3 rings (SSSR count). The van der Waals surface area contributed by atoms with E-state index >= 15 is 0 Å². The highest BCUT2D eigenvalue weighted by atomic mass is 16.5. The molecular weight excluding hydrogens is 364 g/mol. The summed E-state index contributed by atoms with van der Waals surface area (Å²) in [6.07, 6.45) is 0.354. The van der Waals surface area contributed by atoms with Crippen molar-refractivity contribution in [2.75, 3.05) is 24.9 Å². The van der Waals surface area contributed by atoms with Crippen LogP contribution in [0.4, 0.5) is 17.1 Å². The number of hydrogen-bond donors (Lipinski definition) is 2. The molecule has 3 aromatic rings. The highest BCUT2D eigenvalue weighted by Crippen LogP contribution is 2.32. The average Bonchev–Trinajstić information content (AvgIpc) is 2.75. The fourth-order valence-electron chi connectivity index (χ4n) is 3.15. The minimum absolute atomic E-state index is 0.00915. The van der Waals surface area contributed by atoms with Crippen LogP contribution >= 0.6 is 0 Å². The van der Waals surface area contributed by atoms with Crippen molar-refractivity contribution in [3.63, 3.8) is 0 Å². The van der Waals surface area contributed by atoms with Crippen LogP contribution in [-0.4, -0.2) is 20.1 Å². The van der Waals surface area contributed by atoms with Gasteiger partial charge in [-0.2, -0.15) is 0 Å². The lowest BCUT2D eigenvalue weighted by Gasteiger charge is -2.16. The largest absolute Gasteiger partial charge is 0.497 e. The summed E-state index contributed by atoms with van der Waals surface area (Å²) >= 11 is 0. The summed E-state index contributed by atoms with van der Waals surface area (Å²) in [7, 11) is 3.24. The second kappa shape index (κ2) is 9.64. The van der Waals surface area contributed by atoms with Crippen LogP contribution in [0.5, 0.6) is 11.5 Å². The van der Waals surface area contributed by atoms with E-state index < -0.39 is 0 Å². The molecule has 0 aromatic heterocycles. The van der Waals surface area contributed by atoms with Gasteiger partial charge in [-0.25, -0.2) is 0 Å². The van der Waals surface area contributed by atoms with E-state index in [-0.39, 0.29) is 11.8 Å². The van der Waals surface area contributed by atoms with Gasteiger partial charge in [-0.1, -0.05) is 31.2 Å². The molecule has 150 valence electrons. The summed E-state index contributed by atoms with van der Waals surface area (Å²) in [6.45, 7) is 2.01. The second-order valence-corrected chi connectivity index (χ2v) is 6.83. The van der Waals surface area contributed by atoms with E-state index in [1.54, 1.807) is 14.2 Å². The van der Waals surface area contributed by atoms with Gasteiger partial charge < -0.3 is 20.1 Å². The van der Waals surface area contributed by atoms with Crippen molar-refractivity contribution < 1.29 is 14.3 Å². The van der Waals surface area contributed by atoms with Crippen LogP contribution in [-0.2, 0) is 4.79 Å². The minimum atomic E-state index is -0.0425. The number of hydrogen-bond acceptors (Lipinski definition) is 4. The number of anilines is 3. The Morgan fingerprint density at radius 3 is 2.17 bits per heavy atom. The maximum Gasteiger partial charge on any atom is 0.224 e. The average molecular weight is 390 g/mol. The molecule has 1 unspecified atom stereocenters. The van der Waals surface area contributed by atoms with Crippen LogP contribution in [0.2, 0.25) is 0 Å². The number of methoxy groups -OCH3 is 2. The molecule has 3 aromatic carbocycles. The van der Waals surface area contributed by atoms with Gasteiger partial charge in [-0.15, -0.1) is 0 Å². The topological polar surface area (TPSA) is 59.6 Å². The summed E-state index contributed by atoms with van der Waals surface area (Å²) in [5, 5.41) is 6.28. The Labute approximate surface area is 171 Å². The number of carbonyl (C=O) groups excluding carboxylic acids is 1. The summed E-state index contributed by atoms with van der Waals surface area (Å²) in [5.41, 5.74) is 3.73. The third-order valence-electron chi connectivity index (χ3n) is 4.69. The van der Waals surface area contributed by atoms with Gasteiger partial charge in [-0.3, -0.25) is 4.79 Å². The number of ether oxygens (including phenoxy) is 2. The molecule has 0 spiro atoms. The third kappa shape index (κ3) is 5.51. The summed E-state index contributed by atoms with van der Waals surface area (Å²) < 4.78 is 10.7. The quantitative estimate of drug-likeness (QED) is 0.527. The highest BCUT2D eigenvalue weighted by Gasteiger charge is 2.16. The number of nitrogens with one attached hydrogen (secondary N) is 2. The van der Waals surface area contributed by atoms with Crippen molar-refractivity contribution in [3.8, 4) is 11.5 Å². The van der Waals surface area contributed by atoms with Gasteiger partial charge in [0.25, 0.3) is 0 Å². The maximum atomic E-state index is 12.5. The molecule has 0 saturated heterocycles. The number of rotatable bonds is 8. The van der Waals surface area contributed by atoms with E-state index in [9.17, 15) is 4.79 Å². The van der Waals surface area contributed by atoms with Crippen molar-refractivity contribution in [2.45, 2.75) is 19.3 Å². The zero-order chi connectivity index (χ0) is 20.6. The minimum Gasteiger partial charge on any atom is -0.497 e. The van der Waals surface area contributed by atoms with Crippen LogP contribution in [0.15, 0.2) is 72.8 Å². The van der Waals surface area contributed by atoms with E-state index in [1.165, 1.54) is 0 Å². The lowest BCUT2D eigenvalue weighted by Crippen LogP contribution is -2.14. The molecule has 0 radical (unpaired) electrons. The summed E-state index contributed by atoms with van der Waals surface area (Å²) in [6, 6.07) is 23.3. The van der Waals surface area contributed by atoms with Crippen LogP contribution in [0.3, 0.4) is 0 Å². The monoisotopic (exact) mass is 390 g/mol. The number of amides is 1. The Morgan fingerprint density at radius 2 is 1.52 bits per heavy atom. The first-order chi connectivity index (χ1) is 14.1. The van der Waals surface area contributed by atoms with Crippen molar-refractivity contribution in [1.82, 2.24) is 0 Å². The first-order valence-electron chi connectivity index (χ1n) is 9.53. The molecule has 1 amide bonds. The zero-order valence-electron chi connectivity index (χ0n) is 16.9. The molecular formula is C24H26N2O3. The van der Waals surface area contributed by atoms with E-state index in [2.05, 4.69) is 10.6 Å². The number of benzene rings is 3. The van der Waals surface area contributed by atoms with Crippen molar-refractivity contribution in [2.24, 2.45) is 0 Å². The molecule has 0 aliphatic rings. The molecule has 2 N–H and O–H groups in total. The molecule has 0 heterocycles. The lowest BCUT2D eigenvalue weighted by molar-refractivity contribution is -0.116. The Hall–Kier alpha value is -3.47. The number of para-hydroxylation sites is 1. The second-order valence-electron chi connectivity index (χ2n) is 6.83. The van der Waals surface area contributed by atoms with Crippen molar-refractivity contribution in [3.05, 3.63) is 78.4 Å². The summed E-state index contributed by atoms with van der Waals surface area (Å²) in [4.78, 5) is 12.5. The van der Waals surface area contributed by atoms with Crippen molar-refractivity contribution in [1.29, 1.82) is 0 Å². The molecule has 29 heavy (non-hydrogen) atoms. The maximum absolute atomic E-state index is 12.5. The Morgan fingerprint density at radius 1 is 0.862 bits per heavy atom. The predicted molar refractivity (Wildman–Crippen MR) is 117 cm³/mol. The molecule has 0 aliphatic heterocycles. The molecule has 0 bridgehead atoms. The van der Waals surface area contributed by atoms with Gasteiger partial charge in [0.1, 0.15) is 11.5 Å². The van der Waals surface area contributed by atoms with Crippen LogP contribution < -0.4 is 20.1 Å². The predicted octanol–water partition coefficient (Wildman–Crippen LogP) is 5.58. The molecule has 1 atom stereocenters. The number of carbonyl (C=O) groups is 1. The van der Waals surface area contributed by atoms with E-state index in [1.807, 2.05) is 79.7 Å². The fraction of sp³-hybridized carbons (Fsp3) is 0.208. The third-order valence-corrected chi connectivity index (χ3v) is 4.69. The van der Waals surface area contributed by atoms with Gasteiger partial charge >= 0.3 is 0 Å². The molecule has 5 heteroatoms. The Kier molecular flexibility index (Phi) is 6.74. The first kappa shape index (κ1) is 20.3. The summed E-state index contributed by atoms with van der Waals surface area (Å²) in [5.74, 6) is 1.42. The smallest absolute Gasteiger partial charge is 0.224 e. The van der Waals surface area contributed by atoms with Crippen LogP contribution in [0.25, 0.3) is 0 Å². The lowest BCUT2D eigenvalue weighted by atomic mass is 9.96. The SMILES string of the molecule is COc1ccc(C(C)CC(=O)Nc2ccc(Nc3ccccc3)cc2)c(OC)c1. The van der Waals surface area contributed by atoms with E-state index in [0.29, 0.717) is 6.42 Å². The fourth-order valence-corrected chi connectivity index (χ4v) is 3.15. The van der Waals surface area contributed by atoms with E-state index in [0.717, 1.165) is 34.1 Å². The Bertz CT molecular complexity index is 940. The van der Waals surface area contributed by atoms with Crippen LogP contribution in [0.1, 0.15) is 24.8 Å². The Balaban J connectivity index is 1.59. The van der Waals surface area contributed by atoms with Crippen molar-refractivity contribution >= 4 is 23.0 Å². The van der Waals surface area contributed by atoms with Gasteiger partial charge in [0.05, 0.1) is 14.2 Å². The zero-order valence-corrected chi connectivity index (χ0v) is 16.9. The van der Waals surface area contributed by atoms with Gasteiger partial charge in [0.2, 0.25) is 5.91 Å². The normalized spacial score (nSPS) is 11.4. The van der Waals surface area contributed by atoms with Gasteiger partial charge in [0.15, 0.2) is 0 Å². The van der Waals surface area contributed by atoms with Crippen LogP contribution in [0, 0.1) is 0 Å². The van der Waals surface area contributed by atoms with E-state index in [4.69, 9.17) is 9.47 Å². The highest BCUT2D eigenvalue weighted by molar-refractivity contribution is 5.91. The molecule has 0 aliphatic carbocycles. The van der Waals surface area contributed by atoms with Gasteiger partial charge in [-0.05, 0) is 53.9 Å². The molecule has 0 saturated carbocycles.